The molecular formula is C16H17N3O2S. The zero-order valence-corrected chi connectivity index (χ0v) is 13.5. The minimum Gasteiger partial charge on any atom is -0.451 e. The van der Waals surface area contributed by atoms with Crippen LogP contribution in [0.1, 0.15) is 21.8 Å². The molecule has 114 valence electrons. The van der Waals surface area contributed by atoms with E-state index in [-0.39, 0.29) is 5.91 Å². The van der Waals surface area contributed by atoms with Gasteiger partial charge in [0.2, 0.25) is 0 Å². The molecule has 0 aliphatic heterocycles. The molecule has 2 heterocycles. The minimum absolute atomic E-state index is 0.264. The number of para-hydroxylation sites is 1. The first-order valence-electron chi connectivity index (χ1n) is 6.93. The number of carbonyl (C=O) groups excluding carboxylic acids is 1. The highest BCUT2D eigenvalue weighted by molar-refractivity contribution is 7.13. The number of aryl methyl sites for hydroxylation is 1. The Morgan fingerprint density at radius 1 is 1.36 bits per heavy atom. The molecule has 1 N–H and O–H groups in total. The number of nitrogens with one attached hydrogen (secondary N) is 1. The number of aromatic nitrogens is 1. The smallest absolute Gasteiger partial charge is 0.293 e. The third kappa shape index (κ3) is 2.88. The Bertz CT molecular complexity index is 820. The van der Waals surface area contributed by atoms with Crippen LogP contribution in [-0.2, 0) is 6.54 Å². The summed E-state index contributed by atoms with van der Waals surface area (Å²) in [6.07, 6.45) is 0. The number of nitrogens with zero attached hydrogens (tertiary/aromatic N) is 2. The Hall–Kier alpha value is -2.18. The Kier molecular flexibility index (Phi) is 3.96. The first-order chi connectivity index (χ1) is 10.5. The second-order valence-corrected chi connectivity index (χ2v) is 6.25. The molecule has 0 bridgehead atoms. The molecule has 0 radical (unpaired) electrons. The standard InChI is InChI=1S/C16H17N3O2S/c1-10-12-6-4-5-7-13(12)21-14(10)15(20)18-16-17-11(9-22-16)8-19(2)3/h4-7,9H,8H2,1-3H3,(H,17,18,20). The van der Waals surface area contributed by atoms with Crippen molar-refractivity contribution in [2.75, 3.05) is 19.4 Å². The molecule has 3 aromatic rings. The summed E-state index contributed by atoms with van der Waals surface area (Å²) in [6, 6.07) is 7.63. The van der Waals surface area contributed by atoms with E-state index in [0.29, 0.717) is 10.9 Å². The zero-order valence-electron chi connectivity index (χ0n) is 12.7. The third-order valence-corrected chi connectivity index (χ3v) is 4.11. The van der Waals surface area contributed by atoms with Crippen LogP contribution >= 0.6 is 11.3 Å². The van der Waals surface area contributed by atoms with Crippen LogP contribution in [0.2, 0.25) is 0 Å². The van der Waals surface area contributed by atoms with E-state index < -0.39 is 0 Å². The molecule has 0 aliphatic carbocycles. The van der Waals surface area contributed by atoms with Crippen LogP contribution in [0.15, 0.2) is 34.1 Å². The second kappa shape index (κ2) is 5.90. The van der Waals surface area contributed by atoms with Crippen LogP contribution < -0.4 is 5.32 Å². The number of thiazole rings is 1. The summed E-state index contributed by atoms with van der Waals surface area (Å²) in [7, 11) is 3.96. The van der Waals surface area contributed by atoms with Gasteiger partial charge in [-0.15, -0.1) is 11.3 Å². The maximum absolute atomic E-state index is 12.4. The van der Waals surface area contributed by atoms with Crippen molar-refractivity contribution in [1.29, 1.82) is 0 Å². The molecule has 6 heteroatoms. The Morgan fingerprint density at radius 2 is 2.14 bits per heavy atom. The van der Waals surface area contributed by atoms with Crippen molar-refractivity contribution in [3.8, 4) is 0 Å². The van der Waals surface area contributed by atoms with Gasteiger partial charge in [-0.3, -0.25) is 10.1 Å². The van der Waals surface area contributed by atoms with Gasteiger partial charge in [0, 0.05) is 22.9 Å². The van der Waals surface area contributed by atoms with E-state index in [1.807, 2.05) is 55.6 Å². The quantitative estimate of drug-likeness (QED) is 0.800. The van der Waals surface area contributed by atoms with Gasteiger partial charge >= 0.3 is 0 Å². The Balaban J connectivity index is 1.81. The molecular weight excluding hydrogens is 298 g/mol. The fourth-order valence-corrected chi connectivity index (χ4v) is 3.00. The number of anilines is 1. The molecule has 1 aromatic carbocycles. The van der Waals surface area contributed by atoms with E-state index in [9.17, 15) is 4.79 Å². The monoisotopic (exact) mass is 315 g/mol. The molecule has 1 amide bonds. The number of furan rings is 1. The predicted molar refractivity (Wildman–Crippen MR) is 88.4 cm³/mol. The number of hydrogen-bond donors (Lipinski definition) is 1. The molecule has 0 unspecified atom stereocenters. The summed E-state index contributed by atoms with van der Waals surface area (Å²) in [5.74, 6) is 0.0741. The van der Waals surface area contributed by atoms with Crippen molar-refractivity contribution in [2.24, 2.45) is 0 Å². The summed E-state index contributed by atoms with van der Waals surface area (Å²) in [4.78, 5) is 18.8. The molecule has 3 rings (SSSR count). The van der Waals surface area contributed by atoms with E-state index in [1.165, 1.54) is 11.3 Å². The normalized spacial score (nSPS) is 11.3. The number of fused-ring (bicyclic) bond motifs is 1. The molecule has 22 heavy (non-hydrogen) atoms. The van der Waals surface area contributed by atoms with Gasteiger partial charge < -0.3 is 9.32 Å². The highest BCUT2D eigenvalue weighted by Gasteiger charge is 2.18. The summed E-state index contributed by atoms with van der Waals surface area (Å²) in [5.41, 5.74) is 2.50. The molecule has 0 saturated carbocycles. The van der Waals surface area contributed by atoms with E-state index in [0.717, 1.165) is 28.8 Å². The van der Waals surface area contributed by atoms with Crippen molar-refractivity contribution < 1.29 is 9.21 Å². The van der Waals surface area contributed by atoms with Gasteiger partial charge in [-0.05, 0) is 27.1 Å². The van der Waals surface area contributed by atoms with Crippen molar-refractivity contribution in [2.45, 2.75) is 13.5 Å². The van der Waals surface area contributed by atoms with Gasteiger partial charge in [0.15, 0.2) is 10.9 Å². The lowest BCUT2D eigenvalue weighted by Crippen LogP contribution is -2.13. The van der Waals surface area contributed by atoms with Crippen LogP contribution in [0.25, 0.3) is 11.0 Å². The molecule has 0 fully saturated rings. The van der Waals surface area contributed by atoms with Crippen molar-refractivity contribution in [3.05, 3.63) is 46.7 Å². The molecule has 0 spiro atoms. The first kappa shape index (κ1) is 14.7. The summed E-state index contributed by atoms with van der Waals surface area (Å²) >= 11 is 1.42. The van der Waals surface area contributed by atoms with Crippen LogP contribution in [-0.4, -0.2) is 29.9 Å². The second-order valence-electron chi connectivity index (χ2n) is 5.39. The Labute approximate surface area is 132 Å². The lowest BCUT2D eigenvalue weighted by atomic mass is 10.1. The fourth-order valence-electron chi connectivity index (χ4n) is 2.31. The first-order valence-corrected chi connectivity index (χ1v) is 7.81. The zero-order chi connectivity index (χ0) is 15.7. The highest BCUT2D eigenvalue weighted by Crippen LogP contribution is 2.26. The van der Waals surface area contributed by atoms with E-state index >= 15 is 0 Å². The van der Waals surface area contributed by atoms with Crippen molar-refractivity contribution in [1.82, 2.24) is 9.88 Å². The Morgan fingerprint density at radius 3 is 2.86 bits per heavy atom. The van der Waals surface area contributed by atoms with Crippen molar-refractivity contribution >= 4 is 33.3 Å². The fraction of sp³-hybridized carbons (Fsp3) is 0.250. The lowest BCUT2D eigenvalue weighted by Gasteiger charge is -2.05. The molecule has 0 atom stereocenters. The molecule has 0 saturated heterocycles. The van der Waals surface area contributed by atoms with Crippen LogP contribution in [0.3, 0.4) is 0 Å². The van der Waals surface area contributed by atoms with Gasteiger partial charge in [0.05, 0.1) is 5.69 Å². The maximum Gasteiger partial charge on any atom is 0.293 e. The van der Waals surface area contributed by atoms with Gasteiger partial charge in [-0.2, -0.15) is 0 Å². The molecule has 0 aliphatic rings. The van der Waals surface area contributed by atoms with Crippen LogP contribution in [0.5, 0.6) is 0 Å². The van der Waals surface area contributed by atoms with Gasteiger partial charge in [0.1, 0.15) is 5.58 Å². The number of benzene rings is 1. The van der Waals surface area contributed by atoms with Gasteiger partial charge in [0.25, 0.3) is 5.91 Å². The minimum atomic E-state index is -0.264. The largest absolute Gasteiger partial charge is 0.451 e. The summed E-state index contributed by atoms with van der Waals surface area (Å²) in [5, 5.41) is 6.30. The number of carbonyl (C=O) groups is 1. The predicted octanol–water partition coefficient (Wildman–Crippen LogP) is 3.51. The van der Waals surface area contributed by atoms with E-state index in [2.05, 4.69) is 10.3 Å². The average molecular weight is 315 g/mol. The summed E-state index contributed by atoms with van der Waals surface area (Å²) in [6.45, 7) is 2.64. The molecule has 5 nitrogen and oxygen atoms in total. The third-order valence-electron chi connectivity index (χ3n) is 3.30. The topological polar surface area (TPSA) is 58.4 Å². The SMILES string of the molecule is Cc1c(C(=O)Nc2nc(CN(C)C)cs2)oc2ccccc12. The van der Waals surface area contributed by atoms with Crippen molar-refractivity contribution in [3.63, 3.8) is 0 Å². The highest BCUT2D eigenvalue weighted by atomic mass is 32.1. The summed E-state index contributed by atoms with van der Waals surface area (Å²) < 4.78 is 5.66. The van der Waals surface area contributed by atoms with Gasteiger partial charge in [-0.25, -0.2) is 4.98 Å². The van der Waals surface area contributed by atoms with Crippen LogP contribution in [0.4, 0.5) is 5.13 Å². The number of hydrogen-bond acceptors (Lipinski definition) is 5. The average Bonchev–Trinajstić information content (AvgIpc) is 3.04. The number of rotatable bonds is 4. The maximum atomic E-state index is 12.4. The van der Waals surface area contributed by atoms with Crippen LogP contribution in [0, 0.1) is 6.92 Å². The molecule has 2 aromatic heterocycles. The number of amides is 1. The van der Waals surface area contributed by atoms with Gasteiger partial charge in [-0.1, -0.05) is 18.2 Å². The van der Waals surface area contributed by atoms with E-state index in [4.69, 9.17) is 4.42 Å². The van der Waals surface area contributed by atoms with E-state index in [1.54, 1.807) is 0 Å². The lowest BCUT2D eigenvalue weighted by molar-refractivity contribution is 0.0998.